The Morgan fingerprint density at radius 3 is 3.00 bits per heavy atom. The van der Waals surface area contributed by atoms with E-state index in [1.54, 1.807) is 0 Å². The zero-order valence-corrected chi connectivity index (χ0v) is 12.9. The first-order valence-electron chi connectivity index (χ1n) is 8.02. The summed E-state index contributed by atoms with van der Waals surface area (Å²) in [7, 11) is 0. The number of anilines is 1. The van der Waals surface area contributed by atoms with Gasteiger partial charge in [-0.2, -0.15) is 0 Å². The number of nitrogens with one attached hydrogen (secondary N) is 1. The molecule has 2 atom stereocenters. The second-order valence-electron chi connectivity index (χ2n) is 6.02. The monoisotopic (exact) mass is 288 g/mol. The molecule has 1 N–H and O–H groups in total. The van der Waals surface area contributed by atoms with Crippen LogP contribution in [-0.4, -0.2) is 37.6 Å². The maximum absolute atomic E-state index is 12.6. The van der Waals surface area contributed by atoms with Crippen molar-refractivity contribution in [2.24, 2.45) is 0 Å². The average Bonchev–Trinajstić information content (AvgIpc) is 2.53. The summed E-state index contributed by atoms with van der Waals surface area (Å²) in [6, 6.07) is 5.84. The highest BCUT2D eigenvalue weighted by molar-refractivity contribution is 6.01. The number of nitrogens with zero attached hydrogens (tertiary/aromatic N) is 1. The van der Waals surface area contributed by atoms with Crippen molar-refractivity contribution in [3.63, 3.8) is 0 Å². The van der Waals surface area contributed by atoms with Gasteiger partial charge >= 0.3 is 0 Å². The zero-order valence-electron chi connectivity index (χ0n) is 12.9. The molecule has 2 unspecified atom stereocenters. The van der Waals surface area contributed by atoms with Gasteiger partial charge in [0.25, 0.3) is 0 Å². The highest BCUT2D eigenvalue weighted by Gasteiger charge is 2.26. The molecule has 21 heavy (non-hydrogen) atoms. The number of benzene rings is 1. The zero-order chi connectivity index (χ0) is 14.8. The van der Waals surface area contributed by atoms with E-state index in [0.717, 1.165) is 49.5 Å². The maximum Gasteiger partial charge on any atom is 0.179 e. The smallest absolute Gasteiger partial charge is 0.179 e. The summed E-state index contributed by atoms with van der Waals surface area (Å²) >= 11 is 0. The van der Waals surface area contributed by atoms with Gasteiger partial charge in [-0.1, -0.05) is 6.42 Å². The van der Waals surface area contributed by atoms with Gasteiger partial charge in [-0.05, 0) is 51.4 Å². The highest BCUT2D eigenvalue weighted by atomic mass is 16.5. The number of hydrogen-bond acceptors (Lipinski definition) is 4. The van der Waals surface area contributed by atoms with E-state index in [1.807, 2.05) is 18.2 Å². The lowest BCUT2D eigenvalue weighted by Crippen LogP contribution is -2.41. The second kappa shape index (κ2) is 6.06. The van der Waals surface area contributed by atoms with Gasteiger partial charge in [-0.3, -0.25) is 4.79 Å². The molecule has 0 spiro atoms. The molecule has 2 heterocycles. The van der Waals surface area contributed by atoms with Gasteiger partial charge in [0, 0.05) is 12.1 Å². The van der Waals surface area contributed by atoms with Crippen LogP contribution in [-0.2, 0) is 0 Å². The minimum absolute atomic E-state index is 0.0182. The second-order valence-corrected chi connectivity index (χ2v) is 6.02. The summed E-state index contributed by atoms with van der Waals surface area (Å²) in [5.74, 6) is 1.11. The van der Waals surface area contributed by atoms with Crippen LogP contribution >= 0.6 is 0 Å². The Morgan fingerprint density at radius 1 is 1.43 bits per heavy atom. The fourth-order valence-electron chi connectivity index (χ4n) is 3.26. The standard InChI is InChI=1S/C17H24N2O2/c1-3-19-11-12(2)21-16-8-7-13(10-15(16)19)17(20)14-6-4-5-9-18-14/h7-8,10,12,14,18H,3-6,9,11H2,1-2H3. The molecule has 0 bridgehead atoms. The van der Waals surface area contributed by atoms with Gasteiger partial charge in [0.2, 0.25) is 0 Å². The first kappa shape index (κ1) is 14.4. The number of ketones is 1. The van der Waals surface area contributed by atoms with Crippen molar-refractivity contribution in [3.05, 3.63) is 23.8 Å². The molecule has 4 nitrogen and oxygen atoms in total. The first-order valence-corrected chi connectivity index (χ1v) is 8.02. The van der Waals surface area contributed by atoms with E-state index >= 15 is 0 Å². The molecule has 1 saturated heterocycles. The van der Waals surface area contributed by atoms with Gasteiger partial charge in [0.1, 0.15) is 11.9 Å². The van der Waals surface area contributed by atoms with E-state index in [9.17, 15) is 4.79 Å². The summed E-state index contributed by atoms with van der Waals surface area (Å²) < 4.78 is 5.88. The van der Waals surface area contributed by atoms with Crippen LogP contribution in [0.2, 0.25) is 0 Å². The minimum Gasteiger partial charge on any atom is -0.487 e. The molecular formula is C17H24N2O2. The van der Waals surface area contributed by atoms with Crippen molar-refractivity contribution < 1.29 is 9.53 Å². The third-order valence-electron chi connectivity index (χ3n) is 4.40. The van der Waals surface area contributed by atoms with Gasteiger partial charge in [0.15, 0.2) is 5.78 Å². The van der Waals surface area contributed by atoms with Crippen LogP contribution in [0.25, 0.3) is 0 Å². The summed E-state index contributed by atoms with van der Waals surface area (Å²) in [4.78, 5) is 14.9. The van der Waals surface area contributed by atoms with Gasteiger partial charge in [-0.25, -0.2) is 0 Å². The predicted molar refractivity (Wildman–Crippen MR) is 84.4 cm³/mol. The molecule has 0 aromatic heterocycles. The molecule has 0 saturated carbocycles. The number of rotatable bonds is 3. The summed E-state index contributed by atoms with van der Waals surface area (Å²) in [5, 5.41) is 3.34. The fourth-order valence-corrected chi connectivity index (χ4v) is 3.26. The third kappa shape index (κ3) is 2.91. The lowest BCUT2D eigenvalue weighted by molar-refractivity contribution is 0.0927. The van der Waals surface area contributed by atoms with Crippen molar-refractivity contribution in [2.45, 2.75) is 45.3 Å². The van der Waals surface area contributed by atoms with Crippen molar-refractivity contribution >= 4 is 11.5 Å². The molecule has 0 aliphatic carbocycles. The molecule has 0 amide bonds. The van der Waals surface area contributed by atoms with Gasteiger partial charge in [0.05, 0.1) is 18.3 Å². The van der Waals surface area contributed by atoms with E-state index in [0.29, 0.717) is 0 Å². The van der Waals surface area contributed by atoms with Crippen molar-refractivity contribution in [2.75, 3.05) is 24.5 Å². The lowest BCUT2D eigenvalue weighted by atomic mass is 9.95. The van der Waals surface area contributed by atoms with Crippen LogP contribution in [0.15, 0.2) is 18.2 Å². The van der Waals surface area contributed by atoms with Crippen molar-refractivity contribution in [1.29, 1.82) is 0 Å². The number of likely N-dealkylation sites (N-methyl/N-ethyl adjacent to an activating group) is 1. The molecule has 1 aromatic rings. The number of piperidine rings is 1. The fraction of sp³-hybridized carbons (Fsp3) is 0.588. The van der Waals surface area contributed by atoms with Crippen molar-refractivity contribution in [3.8, 4) is 5.75 Å². The lowest BCUT2D eigenvalue weighted by Gasteiger charge is -2.34. The van der Waals surface area contributed by atoms with Crippen molar-refractivity contribution in [1.82, 2.24) is 5.32 Å². The molecule has 3 rings (SSSR count). The number of Topliss-reactive ketones (excluding diaryl/α,β-unsaturated/α-hetero) is 1. The number of carbonyl (C=O) groups excluding carboxylic acids is 1. The molecule has 2 aliphatic heterocycles. The van der Waals surface area contributed by atoms with Crippen LogP contribution in [0, 0.1) is 0 Å². The third-order valence-corrected chi connectivity index (χ3v) is 4.40. The Balaban J connectivity index is 1.86. The van der Waals surface area contributed by atoms with Gasteiger partial charge < -0.3 is 15.0 Å². The van der Waals surface area contributed by atoms with Crippen LogP contribution < -0.4 is 15.0 Å². The Morgan fingerprint density at radius 2 is 2.29 bits per heavy atom. The SMILES string of the molecule is CCN1CC(C)Oc2ccc(C(=O)C3CCCCN3)cc21. The van der Waals surface area contributed by atoms with E-state index in [2.05, 4.69) is 24.1 Å². The van der Waals surface area contributed by atoms with E-state index in [1.165, 1.54) is 6.42 Å². The quantitative estimate of drug-likeness (QED) is 0.868. The average molecular weight is 288 g/mol. The van der Waals surface area contributed by atoms with Crippen LogP contribution in [0.3, 0.4) is 0 Å². The molecule has 2 aliphatic rings. The Labute approximate surface area is 126 Å². The highest BCUT2D eigenvalue weighted by Crippen LogP contribution is 2.34. The maximum atomic E-state index is 12.6. The number of fused-ring (bicyclic) bond motifs is 1. The van der Waals surface area contributed by atoms with E-state index in [-0.39, 0.29) is 17.9 Å². The first-order chi connectivity index (χ1) is 10.2. The molecular weight excluding hydrogens is 264 g/mol. The molecule has 1 aromatic carbocycles. The normalized spacial score (nSPS) is 25.1. The number of carbonyl (C=O) groups is 1. The largest absolute Gasteiger partial charge is 0.487 e. The minimum atomic E-state index is -0.0182. The number of hydrogen-bond donors (Lipinski definition) is 1. The van der Waals surface area contributed by atoms with E-state index < -0.39 is 0 Å². The summed E-state index contributed by atoms with van der Waals surface area (Å²) in [6.07, 6.45) is 3.44. The summed E-state index contributed by atoms with van der Waals surface area (Å²) in [6.45, 7) is 6.97. The molecule has 4 heteroatoms. The van der Waals surface area contributed by atoms with Crippen LogP contribution in [0.1, 0.15) is 43.5 Å². The Kier molecular flexibility index (Phi) is 4.15. The Hall–Kier alpha value is -1.55. The predicted octanol–water partition coefficient (Wildman–Crippen LogP) is 2.62. The molecule has 114 valence electrons. The van der Waals surface area contributed by atoms with Crippen LogP contribution in [0.4, 0.5) is 5.69 Å². The topological polar surface area (TPSA) is 41.6 Å². The molecule has 1 fully saturated rings. The van der Waals surface area contributed by atoms with Crippen LogP contribution in [0.5, 0.6) is 5.75 Å². The summed E-state index contributed by atoms with van der Waals surface area (Å²) in [5.41, 5.74) is 1.85. The molecule has 0 radical (unpaired) electrons. The van der Waals surface area contributed by atoms with E-state index in [4.69, 9.17) is 4.74 Å². The number of ether oxygens (including phenoxy) is 1. The Bertz CT molecular complexity index is 524. The van der Waals surface area contributed by atoms with Gasteiger partial charge in [-0.15, -0.1) is 0 Å².